The van der Waals surface area contributed by atoms with Gasteiger partial charge in [-0.15, -0.1) is 0 Å². The first-order chi connectivity index (χ1) is 11.1. The first kappa shape index (κ1) is 15.5. The van der Waals surface area contributed by atoms with Crippen molar-refractivity contribution < 1.29 is 14.4 Å². The van der Waals surface area contributed by atoms with Gasteiger partial charge in [0.1, 0.15) is 6.04 Å². The maximum absolute atomic E-state index is 12.3. The summed E-state index contributed by atoms with van der Waals surface area (Å²) in [5, 5.41) is 5.65. The highest BCUT2D eigenvalue weighted by Crippen LogP contribution is 2.15. The minimum atomic E-state index is -0.404. The van der Waals surface area contributed by atoms with Gasteiger partial charge in [-0.1, -0.05) is 0 Å². The summed E-state index contributed by atoms with van der Waals surface area (Å²) in [6.45, 7) is 1.23. The highest BCUT2D eigenvalue weighted by Gasteiger charge is 2.30. The third-order valence-corrected chi connectivity index (χ3v) is 4.37. The first-order valence-electron chi connectivity index (χ1n) is 7.92. The maximum atomic E-state index is 12.3. The Bertz CT molecular complexity index is 597. The summed E-state index contributed by atoms with van der Waals surface area (Å²) in [5.74, 6) is -0.182. The maximum Gasteiger partial charge on any atom is 0.253 e. The second kappa shape index (κ2) is 6.76. The number of hydrogen-bond acceptors (Lipinski definition) is 4. The summed E-state index contributed by atoms with van der Waals surface area (Å²) >= 11 is 0. The highest BCUT2D eigenvalue weighted by molar-refractivity contribution is 5.94. The molecule has 1 aromatic rings. The summed E-state index contributed by atoms with van der Waals surface area (Å²) in [6.07, 6.45) is 5.64. The number of rotatable bonds is 3. The number of aromatic nitrogens is 1. The summed E-state index contributed by atoms with van der Waals surface area (Å²) in [7, 11) is 0. The molecule has 0 spiro atoms. The Morgan fingerprint density at radius 3 is 2.48 bits per heavy atom. The Kier molecular flexibility index (Phi) is 4.55. The molecule has 0 saturated carbocycles. The van der Waals surface area contributed by atoms with E-state index >= 15 is 0 Å². The van der Waals surface area contributed by atoms with E-state index in [0.717, 1.165) is 12.8 Å². The van der Waals surface area contributed by atoms with Crippen LogP contribution in [-0.4, -0.2) is 52.8 Å². The van der Waals surface area contributed by atoms with Crippen LogP contribution in [0.25, 0.3) is 0 Å². The molecule has 3 heterocycles. The standard InChI is InChI=1S/C16H20N4O3/c21-14-2-1-13(19-14)15(22)18-12-5-9-20(10-6-12)16(23)11-3-7-17-8-4-11/h3-4,7-8,12-13H,1-2,5-6,9-10H2,(H,18,22)(H,19,21). The molecular formula is C16H20N4O3. The largest absolute Gasteiger partial charge is 0.351 e. The van der Waals surface area contributed by atoms with E-state index in [9.17, 15) is 14.4 Å². The van der Waals surface area contributed by atoms with E-state index in [4.69, 9.17) is 0 Å². The molecule has 2 fully saturated rings. The number of nitrogens with zero attached hydrogens (tertiary/aromatic N) is 2. The minimum absolute atomic E-state index is 0.000216. The van der Waals surface area contributed by atoms with E-state index in [1.165, 1.54) is 0 Å². The molecule has 0 bridgehead atoms. The number of amides is 3. The van der Waals surface area contributed by atoms with E-state index in [-0.39, 0.29) is 23.8 Å². The van der Waals surface area contributed by atoms with Crippen molar-refractivity contribution in [2.75, 3.05) is 13.1 Å². The van der Waals surface area contributed by atoms with Crippen LogP contribution in [0.15, 0.2) is 24.5 Å². The number of pyridine rings is 1. The lowest BCUT2D eigenvalue weighted by Crippen LogP contribution is -2.50. The van der Waals surface area contributed by atoms with Crippen LogP contribution in [0.3, 0.4) is 0 Å². The van der Waals surface area contributed by atoms with Gasteiger partial charge in [0.2, 0.25) is 11.8 Å². The topological polar surface area (TPSA) is 91.4 Å². The molecule has 2 saturated heterocycles. The first-order valence-corrected chi connectivity index (χ1v) is 7.92. The molecule has 7 nitrogen and oxygen atoms in total. The third-order valence-electron chi connectivity index (χ3n) is 4.37. The number of piperidine rings is 1. The zero-order valence-corrected chi connectivity index (χ0v) is 12.8. The lowest BCUT2D eigenvalue weighted by Gasteiger charge is -2.33. The van der Waals surface area contributed by atoms with Crippen molar-refractivity contribution in [1.29, 1.82) is 0 Å². The summed E-state index contributed by atoms with van der Waals surface area (Å²) in [6, 6.07) is 3.07. The second-order valence-electron chi connectivity index (χ2n) is 5.97. The van der Waals surface area contributed by atoms with Gasteiger partial charge in [-0.05, 0) is 31.4 Å². The number of carbonyl (C=O) groups excluding carboxylic acids is 3. The van der Waals surface area contributed by atoms with Gasteiger partial charge >= 0.3 is 0 Å². The third kappa shape index (κ3) is 3.67. The fourth-order valence-corrected chi connectivity index (χ4v) is 3.02. The van der Waals surface area contributed by atoms with Crippen LogP contribution in [-0.2, 0) is 9.59 Å². The van der Waals surface area contributed by atoms with Gasteiger partial charge in [0.15, 0.2) is 0 Å². The van der Waals surface area contributed by atoms with Crippen molar-refractivity contribution in [3.05, 3.63) is 30.1 Å². The molecular weight excluding hydrogens is 296 g/mol. The molecule has 1 aromatic heterocycles. The summed E-state index contributed by atoms with van der Waals surface area (Å²) in [5.41, 5.74) is 0.635. The molecule has 3 rings (SSSR count). The molecule has 2 aliphatic heterocycles. The minimum Gasteiger partial charge on any atom is -0.351 e. The van der Waals surface area contributed by atoms with Crippen molar-refractivity contribution in [2.45, 2.75) is 37.8 Å². The van der Waals surface area contributed by atoms with Crippen LogP contribution in [0.2, 0.25) is 0 Å². The van der Waals surface area contributed by atoms with E-state index in [0.29, 0.717) is 31.5 Å². The van der Waals surface area contributed by atoms with E-state index in [1.54, 1.807) is 29.4 Å². The van der Waals surface area contributed by atoms with Crippen molar-refractivity contribution in [1.82, 2.24) is 20.5 Å². The van der Waals surface area contributed by atoms with Gasteiger partial charge < -0.3 is 15.5 Å². The summed E-state index contributed by atoms with van der Waals surface area (Å²) < 4.78 is 0. The molecule has 0 aromatic carbocycles. The van der Waals surface area contributed by atoms with Crippen LogP contribution in [0.1, 0.15) is 36.0 Å². The SMILES string of the molecule is O=C1CCC(C(=O)NC2CCN(C(=O)c3ccncc3)CC2)N1. The average Bonchev–Trinajstić information content (AvgIpc) is 3.02. The number of hydrogen-bond donors (Lipinski definition) is 2. The predicted octanol–water partition coefficient (Wildman–Crippen LogP) is 0.0810. The van der Waals surface area contributed by atoms with Crippen LogP contribution < -0.4 is 10.6 Å². The summed E-state index contributed by atoms with van der Waals surface area (Å²) in [4.78, 5) is 41.3. The van der Waals surface area contributed by atoms with Crippen LogP contribution in [0, 0.1) is 0 Å². The zero-order chi connectivity index (χ0) is 16.2. The lowest BCUT2D eigenvalue weighted by molar-refractivity contribution is -0.126. The molecule has 2 aliphatic rings. The quantitative estimate of drug-likeness (QED) is 0.826. The van der Waals surface area contributed by atoms with Crippen LogP contribution in [0.5, 0.6) is 0 Å². The Morgan fingerprint density at radius 1 is 1.17 bits per heavy atom. The Labute approximate surface area is 134 Å². The van der Waals surface area contributed by atoms with Gasteiger partial charge in [-0.3, -0.25) is 19.4 Å². The molecule has 0 aliphatic carbocycles. The van der Waals surface area contributed by atoms with Crippen molar-refractivity contribution in [2.24, 2.45) is 0 Å². The highest BCUT2D eigenvalue weighted by atomic mass is 16.2. The predicted molar refractivity (Wildman–Crippen MR) is 82.5 cm³/mol. The van der Waals surface area contributed by atoms with Gasteiger partial charge in [0.25, 0.3) is 5.91 Å². The molecule has 122 valence electrons. The van der Waals surface area contributed by atoms with Crippen molar-refractivity contribution in [3.8, 4) is 0 Å². The number of nitrogens with one attached hydrogen (secondary N) is 2. The monoisotopic (exact) mass is 316 g/mol. The molecule has 0 radical (unpaired) electrons. The zero-order valence-electron chi connectivity index (χ0n) is 12.8. The van der Waals surface area contributed by atoms with Gasteiger partial charge in [0.05, 0.1) is 0 Å². The van der Waals surface area contributed by atoms with Crippen LogP contribution in [0.4, 0.5) is 0 Å². The Balaban J connectivity index is 1.48. The molecule has 7 heteroatoms. The molecule has 2 N–H and O–H groups in total. The van der Waals surface area contributed by atoms with Crippen molar-refractivity contribution >= 4 is 17.7 Å². The molecule has 1 unspecified atom stereocenters. The van der Waals surface area contributed by atoms with E-state index in [2.05, 4.69) is 15.6 Å². The molecule has 23 heavy (non-hydrogen) atoms. The fraction of sp³-hybridized carbons (Fsp3) is 0.500. The van der Waals surface area contributed by atoms with Gasteiger partial charge in [-0.2, -0.15) is 0 Å². The Hall–Kier alpha value is -2.44. The molecule has 1 atom stereocenters. The van der Waals surface area contributed by atoms with Crippen molar-refractivity contribution in [3.63, 3.8) is 0 Å². The molecule has 3 amide bonds. The van der Waals surface area contributed by atoms with Gasteiger partial charge in [0, 0.05) is 43.5 Å². The number of likely N-dealkylation sites (tertiary alicyclic amines) is 1. The van der Waals surface area contributed by atoms with Crippen LogP contribution >= 0.6 is 0 Å². The number of carbonyl (C=O) groups is 3. The normalized spacial score (nSPS) is 21.8. The van der Waals surface area contributed by atoms with E-state index in [1.807, 2.05) is 0 Å². The second-order valence-corrected chi connectivity index (χ2v) is 5.97. The average molecular weight is 316 g/mol. The lowest BCUT2D eigenvalue weighted by atomic mass is 10.0. The van der Waals surface area contributed by atoms with Gasteiger partial charge in [-0.25, -0.2) is 0 Å². The van der Waals surface area contributed by atoms with E-state index < -0.39 is 6.04 Å². The Morgan fingerprint density at radius 2 is 1.87 bits per heavy atom. The fourth-order valence-electron chi connectivity index (χ4n) is 3.02. The smallest absolute Gasteiger partial charge is 0.253 e.